The minimum atomic E-state index is -3.63. The van der Waals surface area contributed by atoms with Crippen LogP contribution in [0.15, 0.2) is 53.4 Å². The lowest BCUT2D eigenvalue weighted by atomic mass is 10.2. The fourth-order valence-corrected chi connectivity index (χ4v) is 5.45. The molecule has 2 aromatic rings. The molecule has 0 spiro atoms. The predicted octanol–water partition coefficient (Wildman–Crippen LogP) is 1.98. The number of amides is 1. The Bertz CT molecular complexity index is 999. The minimum absolute atomic E-state index is 0.0439. The van der Waals surface area contributed by atoms with Crippen LogP contribution in [0, 0.1) is 0 Å². The van der Waals surface area contributed by atoms with Crippen LogP contribution in [0.25, 0.3) is 0 Å². The fraction of sp³-hybridized carbons (Fsp3) is 0.409. The molecule has 0 atom stereocenters. The number of anilines is 1. The van der Waals surface area contributed by atoms with Gasteiger partial charge in [-0.05, 0) is 48.9 Å². The maximum Gasteiger partial charge on any atom is 0.264 e. The van der Waals surface area contributed by atoms with E-state index in [0.29, 0.717) is 31.8 Å². The summed E-state index contributed by atoms with van der Waals surface area (Å²) in [4.78, 5) is 16.7. The standard InChI is InChI=1S/C22H27N3O4S/c1-2-23-13-15-24(16-14-23)22(26)17-29-19-7-9-20(10-8-19)30(27,28)25-12-11-18-5-3-4-6-21(18)25/h3-10H,2,11-17H2,1H3. The summed E-state index contributed by atoms with van der Waals surface area (Å²) in [6.45, 7) is 6.71. The molecule has 0 saturated carbocycles. The first-order valence-corrected chi connectivity index (χ1v) is 11.8. The summed E-state index contributed by atoms with van der Waals surface area (Å²) in [7, 11) is -3.63. The number of ether oxygens (including phenoxy) is 1. The molecule has 7 nitrogen and oxygen atoms in total. The number of hydrogen-bond donors (Lipinski definition) is 0. The number of carbonyl (C=O) groups excluding carboxylic acids is 1. The highest BCUT2D eigenvalue weighted by Crippen LogP contribution is 2.33. The van der Waals surface area contributed by atoms with E-state index in [2.05, 4.69) is 11.8 Å². The number of likely N-dealkylation sites (N-methyl/N-ethyl adjacent to an activating group) is 1. The summed E-state index contributed by atoms with van der Waals surface area (Å²) in [5, 5.41) is 0. The third-order valence-electron chi connectivity index (χ3n) is 5.79. The second-order valence-electron chi connectivity index (χ2n) is 7.53. The number of rotatable bonds is 6. The first kappa shape index (κ1) is 20.7. The second kappa shape index (κ2) is 8.65. The average molecular weight is 430 g/mol. The molecule has 1 fully saturated rings. The minimum Gasteiger partial charge on any atom is -0.484 e. The van der Waals surface area contributed by atoms with Crippen LogP contribution in [0.1, 0.15) is 12.5 Å². The van der Waals surface area contributed by atoms with Gasteiger partial charge in [0.2, 0.25) is 0 Å². The van der Waals surface area contributed by atoms with Crippen molar-refractivity contribution in [1.29, 1.82) is 0 Å². The molecule has 2 heterocycles. The Morgan fingerprint density at radius 3 is 2.37 bits per heavy atom. The van der Waals surface area contributed by atoms with Gasteiger partial charge in [0.25, 0.3) is 15.9 Å². The molecule has 0 unspecified atom stereocenters. The molecular weight excluding hydrogens is 402 g/mol. The van der Waals surface area contributed by atoms with Crippen LogP contribution in [-0.2, 0) is 21.2 Å². The van der Waals surface area contributed by atoms with E-state index in [1.165, 1.54) is 16.4 Å². The molecule has 0 radical (unpaired) electrons. The molecule has 2 aliphatic heterocycles. The molecule has 0 N–H and O–H groups in total. The van der Waals surface area contributed by atoms with E-state index in [0.717, 1.165) is 30.9 Å². The van der Waals surface area contributed by atoms with Gasteiger partial charge in [-0.15, -0.1) is 0 Å². The quantitative estimate of drug-likeness (QED) is 0.702. The smallest absolute Gasteiger partial charge is 0.264 e. The number of sulfonamides is 1. The first-order chi connectivity index (χ1) is 14.5. The van der Waals surface area contributed by atoms with Crippen LogP contribution >= 0.6 is 0 Å². The second-order valence-corrected chi connectivity index (χ2v) is 9.39. The van der Waals surface area contributed by atoms with Crippen molar-refractivity contribution >= 4 is 21.6 Å². The number of para-hydroxylation sites is 1. The van der Waals surface area contributed by atoms with E-state index in [1.54, 1.807) is 12.1 Å². The topological polar surface area (TPSA) is 70.2 Å². The summed E-state index contributed by atoms with van der Waals surface area (Å²) in [5.74, 6) is 0.437. The predicted molar refractivity (Wildman–Crippen MR) is 115 cm³/mol. The third-order valence-corrected chi connectivity index (χ3v) is 7.62. The van der Waals surface area contributed by atoms with E-state index in [4.69, 9.17) is 4.74 Å². The summed E-state index contributed by atoms with van der Waals surface area (Å²) in [6.07, 6.45) is 0.714. The van der Waals surface area contributed by atoms with Crippen molar-refractivity contribution in [3.63, 3.8) is 0 Å². The Morgan fingerprint density at radius 1 is 0.967 bits per heavy atom. The molecule has 1 amide bonds. The van der Waals surface area contributed by atoms with E-state index < -0.39 is 10.0 Å². The molecule has 1 saturated heterocycles. The highest BCUT2D eigenvalue weighted by Gasteiger charge is 2.30. The Labute approximate surface area is 177 Å². The van der Waals surface area contributed by atoms with Crippen molar-refractivity contribution in [3.05, 3.63) is 54.1 Å². The highest BCUT2D eigenvalue weighted by molar-refractivity contribution is 7.92. The molecular formula is C22H27N3O4S. The monoisotopic (exact) mass is 429 g/mol. The van der Waals surface area contributed by atoms with E-state index >= 15 is 0 Å². The summed E-state index contributed by atoms with van der Waals surface area (Å²) >= 11 is 0. The van der Waals surface area contributed by atoms with E-state index in [9.17, 15) is 13.2 Å². The van der Waals surface area contributed by atoms with Gasteiger partial charge in [0.05, 0.1) is 10.6 Å². The number of piperazine rings is 1. The molecule has 0 bridgehead atoms. The number of benzene rings is 2. The molecule has 0 aromatic heterocycles. The van der Waals surface area contributed by atoms with Gasteiger partial charge in [-0.3, -0.25) is 9.10 Å². The number of hydrogen-bond acceptors (Lipinski definition) is 5. The lowest BCUT2D eigenvalue weighted by molar-refractivity contribution is -0.135. The molecule has 2 aliphatic rings. The summed E-state index contributed by atoms with van der Waals surface area (Å²) in [5.41, 5.74) is 1.78. The van der Waals surface area contributed by atoms with Crippen molar-refractivity contribution in [1.82, 2.24) is 9.80 Å². The van der Waals surface area contributed by atoms with Gasteiger partial charge in [0.15, 0.2) is 6.61 Å². The van der Waals surface area contributed by atoms with Crippen molar-refractivity contribution in [2.75, 3.05) is 50.2 Å². The maximum atomic E-state index is 13.1. The van der Waals surface area contributed by atoms with Gasteiger partial charge in [0.1, 0.15) is 5.75 Å². The van der Waals surface area contributed by atoms with Gasteiger partial charge in [-0.2, -0.15) is 0 Å². The van der Waals surface area contributed by atoms with Crippen LogP contribution in [0.2, 0.25) is 0 Å². The fourth-order valence-electron chi connectivity index (χ4n) is 3.94. The van der Waals surface area contributed by atoms with Crippen molar-refractivity contribution < 1.29 is 17.9 Å². The van der Waals surface area contributed by atoms with Crippen LogP contribution in [0.3, 0.4) is 0 Å². The SMILES string of the molecule is CCN1CCN(C(=O)COc2ccc(S(=O)(=O)N3CCc4ccccc43)cc2)CC1. The lowest BCUT2D eigenvalue weighted by Crippen LogP contribution is -2.49. The zero-order valence-corrected chi connectivity index (χ0v) is 18.0. The van der Waals surface area contributed by atoms with Gasteiger partial charge < -0.3 is 14.5 Å². The van der Waals surface area contributed by atoms with Gasteiger partial charge in [-0.25, -0.2) is 8.42 Å². The number of carbonyl (C=O) groups is 1. The van der Waals surface area contributed by atoms with Gasteiger partial charge >= 0.3 is 0 Å². The number of fused-ring (bicyclic) bond motifs is 1. The molecule has 8 heteroatoms. The Hall–Kier alpha value is -2.58. The van der Waals surface area contributed by atoms with Crippen molar-refractivity contribution in [2.24, 2.45) is 0 Å². The first-order valence-electron chi connectivity index (χ1n) is 10.3. The lowest BCUT2D eigenvalue weighted by Gasteiger charge is -2.33. The van der Waals surface area contributed by atoms with E-state index in [-0.39, 0.29) is 17.4 Å². The third kappa shape index (κ3) is 4.15. The largest absolute Gasteiger partial charge is 0.484 e. The Morgan fingerprint density at radius 2 is 1.67 bits per heavy atom. The molecule has 30 heavy (non-hydrogen) atoms. The summed E-state index contributed by atoms with van der Waals surface area (Å²) < 4.78 is 33.2. The van der Waals surface area contributed by atoms with Crippen LogP contribution in [0.5, 0.6) is 5.75 Å². The Kier molecular flexibility index (Phi) is 5.97. The van der Waals surface area contributed by atoms with Crippen LogP contribution in [0.4, 0.5) is 5.69 Å². The van der Waals surface area contributed by atoms with Crippen molar-refractivity contribution in [3.8, 4) is 5.75 Å². The highest BCUT2D eigenvalue weighted by atomic mass is 32.2. The molecule has 4 rings (SSSR count). The summed E-state index contributed by atoms with van der Waals surface area (Å²) in [6, 6.07) is 13.9. The van der Waals surface area contributed by atoms with Crippen molar-refractivity contribution in [2.45, 2.75) is 18.2 Å². The molecule has 2 aromatic carbocycles. The zero-order valence-electron chi connectivity index (χ0n) is 17.2. The normalized spacial score (nSPS) is 17.1. The van der Waals surface area contributed by atoms with E-state index in [1.807, 2.05) is 29.2 Å². The Balaban J connectivity index is 1.37. The van der Waals surface area contributed by atoms with Crippen LogP contribution < -0.4 is 9.04 Å². The molecule has 160 valence electrons. The number of nitrogens with zero attached hydrogens (tertiary/aromatic N) is 3. The average Bonchev–Trinajstić information content (AvgIpc) is 3.23. The van der Waals surface area contributed by atoms with Gasteiger partial charge in [0, 0.05) is 32.7 Å². The maximum absolute atomic E-state index is 13.1. The molecule has 0 aliphatic carbocycles. The van der Waals surface area contributed by atoms with Gasteiger partial charge in [-0.1, -0.05) is 25.1 Å². The zero-order chi connectivity index (χ0) is 21.1. The van der Waals surface area contributed by atoms with Crippen LogP contribution in [-0.4, -0.2) is 70.0 Å².